The zero-order valence-corrected chi connectivity index (χ0v) is 21.2. The molecule has 0 saturated heterocycles. The second-order valence-corrected chi connectivity index (χ2v) is 9.14. The molecule has 190 valence electrons. The Labute approximate surface area is 212 Å². The average Bonchev–Trinajstić information content (AvgIpc) is 3.34. The van der Waals surface area contributed by atoms with Gasteiger partial charge in [-0.25, -0.2) is 0 Å². The average molecular weight is 491 g/mol. The van der Waals surface area contributed by atoms with Crippen LogP contribution in [-0.2, 0) is 11.3 Å². The largest absolute Gasteiger partial charge is 0.493 e. The van der Waals surface area contributed by atoms with E-state index in [0.717, 1.165) is 31.2 Å². The summed E-state index contributed by atoms with van der Waals surface area (Å²) in [4.78, 5) is 29.7. The molecule has 1 atom stereocenters. The molecule has 1 N–H and O–H groups in total. The number of benzene rings is 2. The lowest BCUT2D eigenvalue weighted by atomic mass is 9.94. The van der Waals surface area contributed by atoms with Crippen molar-refractivity contribution in [2.45, 2.75) is 57.7 Å². The molecule has 7 nitrogen and oxygen atoms in total. The monoisotopic (exact) mass is 490 g/mol. The molecule has 0 radical (unpaired) electrons. The fourth-order valence-electron chi connectivity index (χ4n) is 4.93. The number of carbonyl (C=O) groups is 2. The molecule has 1 fully saturated rings. The number of aryl methyl sites for hydroxylation is 1. The first-order valence-corrected chi connectivity index (χ1v) is 12.4. The zero-order valence-electron chi connectivity index (χ0n) is 21.2. The highest BCUT2D eigenvalue weighted by atomic mass is 16.5. The quantitative estimate of drug-likeness (QED) is 0.432. The van der Waals surface area contributed by atoms with Gasteiger partial charge >= 0.3 is 0 Å². The molecule has 36 heavy (non-hydrogen) atoms. The van der Waals surface area contributed by atoms with E-state index in [2.05, 4.69) is 5.32 Å². The SMILES string of the molecule is COc1cccc([C@@H](C(=O)NC2CCCCC2)N(Cc2ccccc2)C(=O)c2ccoc2C)c1OC. The summed E-state index contributed by atoms with van der Waals surface area (Å²) in [7, 11) is 3.10. The van der Waals surface area contributed by atoms with Gasteiger partial charge in [-0.05, 0) is 37.5 Å². The third-order valence-corrected chi connectivity index (χ3v) is 6.79. The van der Waals surface area contributed by atoms with Crippen LogP contribution in [0.5, 0.6) is 11.5 Å². The van der Waals surface area contributed by atoms with Gasteiger partial charge in [0.25, 0.3) is 5.91 Å². The van der Waals surface area contributed by atoms with E-state index < -0.39 is 6.04 Å². The van der Waals surface area contributed by atoms with Crippen molar-refractivity contribution in [3.63, 3.8) is 0 Å². The number of rotatable bonds is 9. The molecule has 1 aliphatic rings. The molecular weight excluding hydrogens is 456 g/mol. The molecule has 1 saturated carbocycles. The number of para-hydroxylation sites is 1. The van der Waals surface area contributed by atoms with E-state index >= 15 is 0 Å². The zero-order chi connectivity index (χ0) is 25.5. The van der Waals surface area contributed by atoms with Crippen molar-refractivity contribution in [3.8, 4) is 11.5 Å². The summed E-state index contributed by atoms with van der Waals surface area (Å²) in [6.45, 7) is 1.98. The second-order valence-electron chi connectivity index (χ2n) is 9.14. The maximum atomic E-state index is 14.0. The maximum Gasteiger partial charge on any atom is 0.258 e. The summed E-state index contributed by atoms with van der Waals surface area (Å²) in [5, 5.41) is 3.23. The van der Waals surface area contributed by atoms with Gasteiger partial charge in [-0.15, -0.1) is 0 Å². The van der Waals surface area contributed by atoms with Crippen molar-refractivity contribution in [1.82, 2.24) is 10.2 Å². The lowest BCUT2D eigenvalue weighted by molar-refractivity contribution is -0.127. The molecule has 1 heterocycles. The van der Waals surface area contributed by atoms with Crippen LogP contribution in [0.4, 0.5) is 0 Å². The number of ether oxygens (including phenoxy) is 2. The van der Waals surface area contributed by atoms with E-state index in [1.165, 1.54) is 12.7 Å². The molecule has 0 unspecified atom stereocenters. The summed E-state index contributed by atoms with van der Waals surface area (Å²) in [5.74, 6) is 0.899. The van der Waals surface area contributed by atoms with E-state index in [-0.39, 0.29) is 24.4 Å². The van der Waals surface area contributed by atoms with Crippen LogP contribution < -0.4 is 14.8 Å². The first-order chi connectivity index (χ1) is 17.5. The van der Waals surface area contributed by atoms with Crippen molar-refractivity contribution in [1.29, 1.82) is 0 Å². The van der Waals surface area contributed by atoms with Gasteiger partial charge in [-0.3, -0.25) is 9.59 Å². The van der Waals surface area contributed by atoms with Crippen LogP contribution in [0, 0.1) is 6.92 Å². The van der Waals surface area contributed by atoms with Crippen molar-refractivity contribution in [2.24, 2.45) is 0 Å². The number of amides is 2. The van der Waals surface area contributed by atoms with Gasteiger partial charge in [0.1, 0.15) is 11.8 Å². The van der Waals surface area contributed by atoms with E-state index in [9.17, 15) is 9.59 Å². The van der Waals surface area contributed by atoms with Gasteiger partial charge in [-0.1, -0.05) is 61.7 Å². The Kier molecular flexibility index (Phi) is 8.31. The molecule has 1 aliphatic carbocycles. The Balaban J connectivity index is 1.83. The van der Waals surface area contributed by atoms with E-state index in [0.29, 0.717) is 28.4 Å². The Bertz CT molecular complexity index is 1170. The first kappa shape index (κ1) is 25.4. The molecule has 0 aliphatic heterocycles. The predicted octanol–water partition coefficient (Wildman–Crippen LogP) is 5.44. The molecule has 4 rings (SSSR count). The fraction of sp³-hybridized carbons (Fsp3) is 0.379. The minimum Gasteiger partial charge on any atom is -0.493 e. The highest BCUT2D eigenvalue weighted by Gasteiger charge is 2.37. The van der Waals surface area contributed by atoms with Crippen LogP contribution in [0.1, 0.15) is 65.4 Å². The summed E-state index contributed by atoms with van der Waals surface area (Å²) >= 11 is 0. The number of nitrogens with one attached hydrogen (secondary N) is 1. The molecule has 2 aromatic carbocycles. The molecule has 1 aromatic heterocycles. The number of methoxy groups -OCH3 is 2. The van der Waals surface area contributed by atoms with Crippen LogP contribution in [0.25, 0.3) is 0 Å². The smallest absolute Gasteiger partial charge is 0.258 e. The summed E-state index contributed by atoms with van der Waals surface area (Å²) in [6, 6.07) is 15.8. The summed E-state index contributed by atoms with van der Waals surface area (Å²) < 4.78 is 16.7. The number of carbonyl (C=O) groups excluding carboxylic acids is 2. The Hall–Kier alpha value is -3.74. The van der Waals surface area contributed by atoms with Crippen LogP contribution in [0.2, 0.25) is 0 Å². The third kappa shape index (κ3) is 5.56. The van der Waals surface area contributed by atoms with Gasteiger partial charge in [0.15, 0.2) is 11.5 Å². The standard InChI is InChI=1S/C29H34N2O5/c1-20-23(17-18-36-20)29(33)31(19-21-11-6-4-7-12-21)26(28(32)30-22-13-8-5-9-14-22)24-15-10-16-25(34-2)27(24)35-3/h4,6-7,10-12,15-18,22,26H,5,8-9,13-14,19H2,1-3H3,(H,30,32)/t26-/m0/s1. The van der Waals surface area contributed by atoms with Crippen molar-refractivity contribution < 1.29 is 23.5 Å². The summed E-state index contributed by atoms with van der Waals surface area (Å²) in [6.07, 6.45) is 6.70. The van der Waals surface area contributed by atoms with Gasteiger partial charge in [0.05, 0.1) is 26.0 Å². The minimum absolute atomic E-state index is 0.0784. The maximum absolute atomic E-state index is 14.0. The third-order valence-electron chi connectivity index (χ3n) is 6.79. The highest BCUT2D eigenvalue weighted by molar-refractivity contribution is 5.99. The molecule has 7 heteroatoms. The molecular formula is C29H34N2O5. The lowest BCUT2D eigenvalue weighted by Crippen LogP contribution is -2.47. The first-order valence-electron chi connectivity index (χ1n) is 12.4. The van der Waals surface area contributed by atoms with Crippen LogP contribution in [-0.4, -0.2) is 37.0 Å². The van der Waals surface area contributed by atoms with E-state index in [1.54, 1.807) is 38.2 Å². The van der Waals surface area contributed by atoms with Gasteiger partial charge < -0.3 is 24.1 Å². The number of nitrogens with zero attached hydrogens (tertiary/aromatic N) is 1. The Morgan fingerprint density at radius 1 is 1.00 bits per heavy atom. The lowest BCUT2D eigenvalue weighted by Gasteiger charge is -2.34. The van der Waals surface area contributed by atoms with Crippen molar-refractivity contribution in [3.05, 3.63) is 83.3 Å². The normalized spacial score (nSPS) is 14.6. The van der Waals surface area contributed by atoms with Gasteiger partial charge in [0, 0.05) is 18.2 Å². The Morgan fingerprint density at radius 3 is 2.39 bits per heavy atom. The van der Waals surface area contributed by atoms with Crippen molar-refractivity contribution in [2.75, 3.05) is 14.2 Å². The number of hydrogen-bond acceptors (Lipinski definition) is 5. The van der Waals surface area contributed by atoms with Crippen LogP contribution >= 0.6 is 0 Å². The fourth-order valence-corrected chi connectivity index (χ4v) is 4.93. The van der Waals surface area contributed by atoms with Gasteiger partial charge in [-0.2, -0.15) is 0 Å². The highest BCUT2D eigenvalue weighted by Crippen LogP contribution is 2.38. The predicted molar refractivity (Wildman–Crippen MR) is 137 cm³/mol. The topological polar surface area (TPSA) is 81.0 Å². The number of furan rings is 1. The summed E-state index contributed by atoms with van der Waals surface area (Å²) in [5.41, 5.74) is 1.89. The molecule has 0 bridgehead atoms. The van der Waals surface area contributed by atoms with Crippen molar-refractivity contribution >= 4 is 11.8 Å². The molecule has 2 amide bonds. The van der Waals surface area contributed by atoms with Gasteiger partial charge in [0.2, 0.25) is 5.91 Å². The van der Waals surface area contributed by atoms with E-state index in [4.69, 9.17) is 13.9 Å². The Morgan fingerprint density at radius 2 is 1.75 bits per heavy atom. The number of hydrogen-bond donors (Lipinski definition) is 1. The molecule has 3 aromatic rings. The second kappa shape index (κ2) is 11.8. The van der Waals surface area contributed by atoms with Crippen LogP contribution in [0.3, 0.4) is 0 Å². The van der Waals surface area contributed by atoms with E-state index in [1.807, 2.05) is 42.5 Å². The van der Waals surface area contributed by atoms with Crippen LogP contribution in [0.15, 0.2) is 65.3 Å². The molecule has 0 spiro atoms. The minimum atomic E-state index is -0.945.